The van der Waals surface area contributed by atoms with Crippen molar-refractivity contribution in [2.45, 2.75) is 89.1 Å². The van der Waals surface area contributed by atoms with Gasteiger partial charge in [-0.3, -0.25) is 0 Å². The van der Waals surface area contributed by atoms with E-state index < -0.39 is 0 Å². The van der Waals surface area contributed by atoms with Crippen LogP contribution >= 0.6 is 0 Å². The van der Waals surface area contributed by atoms with Crippen molar-refractivity contribution in [2.75, 3.05) is 20.1 Å². The largest absolute Gasteiger partial charge is 0.307 e. The highest BCUT2D eigenvalue weighted by Gasteiger charge is 2.45. The van der Waals surface area contributed by atoms with E-state index in [9.17, 15) is 0 Å². The van der Waals surface area contributed by atoms with E-state index in [0.717, 1.165) is 38.8 Å². The molecule has 4 aromatic carbocycles. The van der Waals surface area contributed by atoms with E-state index in [2.05, 4.69) is 156 Å². The molecule has 2 aliphatic rings. The first kappa shape index (κ1) is 29.9. The third kappa shape index (κ3) is 6.10. The second-order valence-corrected chi connectivity index (χ2v) is 15.3. The molecule has 0 spiro atoms. The van der Waals surface area contributed by atoms with Crippen molar-refractivity contribution in [3.63, 3.8) is 0 Å². The van der Waals surface area contributed by atoms with Gasteiger partial charge in [-0.25, -0.2) is 0 Å². The zero-order chi connectivity index (χ0) is 30.5. The van der Waals surface area contributed by atoms with Crippen molar-refractivity contribution in [3.05, 3.63) is 119 Å². The molecule has 4 aromatic rings. The van der Waals surface area contributed by atoms with Crippen LogP contribution in [0.4, 0.5) is 0 Å². The summed E-state index contributed by atoms with van der Waals surface area (Å²) >= 11 is 0. The molecule has 0 amide bonds. The average molecular weight is 571 g/mol. The molecule has 2 nitrogen and oxygen atoms in total. The third-order valence-electron chi connectivity index (χ3n) is 10.4. The maximum Gasteiger partial charge on any atom is 0.0227 e. The first-order chi connectivity index (χ1) is 20.4. The lowest BCUT2D eigenvalue weighted by Crippen LogP contribution is -2.61. The summed E-state index contributed by atoms with van der Waals surface area (Å²) in [5.41, 5.74) is 11.2. The summed E-state index contributed by atoms with van der Waals surface area (Å²) in [5, 5.41) is 3.85. The monoisotopic (exact) mass is 570 g/mol. The Morgan fingerprint density at radius 2 is 0.860 bits per heavy atom. The van der Waals surface area contributed by atoms with Gasteiger partial charge in [-0.05, 0) is 125 Å². The molecule has 2 heterocycles. The molecule has 2 saturated heterocycles. The molecule has 43 heavy (non-hydrogen) atoms. The topological polar surface area (TPSA) is 15.3 Å². The van der Waals surface area contributed by atoms with Crippen LogP contribution in [0.2, 0.25) is 0 Å². The number of benzene rings is 4. The predicted octanol–water partition coefficient (Wildman–Crippen LogP) is 9.54. The zero-order valence-corrected chi connectivity index (χ0v) is 27.4. The molecule has 2 aliphatic heterocycles. The number of aryl methyl sites for hydroxylation is 1. The van der Waals surface area contributed by atoms with E-state index in [4.69, 9.17) is 0 Å². The Balaban J connectivity index is 1.26. The fourth-order valence-corrected chi connectivity index (χ4v) is 8.74. The molecule has 0 aliphatic carbocycles. The van der Waals surface area contributed by atoms with Gasteiger partial charge < -0.3 is 10.2 Å². The zero-order valence-electron chi connectivity index (χ0n) is 27.4. The number of piperidine rings is 2. The van der Waals surface area contributed by atoms with Gasteiger partial charge in [0.25, 0.3) is 0 Å². The summed E-state index contributed by atoms with van der Waals surface area (Å²) in [4.78, 5) is 2.47. The second kappa shape index (κ2) is 11.1. The van der Waals surface area contributed by atoms with E-state index in [0.29, 0.717) is 0 Å². The minimum absolute atomic E-state index is 0.0456. The highest BCUT2D eigenvalue weighted by molar-refractivity contribution is 5.66. The predicted molar refractivity (Wildman–Crippen MR) is 184 cm³/mol. The molecule has 0 saturated carbocycles. The van der Waals surface area contributed by atoms with Crippen LogP contribution in [0.15, 0.2) is 97.1 Å². The fraction of sp³-hybridized carbons (Fsp3) is 0.415. The standard InChI is InChI=1S/C41H50N2/c1-30-8-10-31(11-9-30)33-14-20-36(21-15-33)41(24-26-43(7)27-25-41)37-22-16-34(17-23-37)32-12-18-35(19-13-32)40(6)28-38(2,3)42-39(4,5)29-40/h8-23,42H,24-29H2,1-7H3. The number of nitrogens with zero attached hydrogens (tertiary/aromatic N) is 1. The van der Waals surface area contributed by atoms with Crippen LogP contribution in [-0.4, -0.2) is 36.1 Å². The van der Waals surface area contributed by atoms with Gasteiger partial charge in [0.2, 0.25) is 0 Å². The highest BCUT2D eigenvalue weighted by Crippen LogP contribution is 2.45. The Morgan fingerprint density at radius 1 is 0.512 bits per heavy atom. The van der Waals surface area contributed by atoms with Crippen LogP contribution in [0.1, 0.15) is 82.6 Å². The first-order valence-electron chi connectivity index (χ1n) is 16.2. The molecular weight excluding hydrogens is 520 g/mol. The summed E-state index contributed by atoms with van der Waals surface area (Å²) < 4.78 is 0. The highest BCUT2D eigenvalue weighted by atomic mass is 15.1. The van der Waals surface area contributed by atoms with E-state index in [1.807, 2.05) is 0 Å². The molecule has 0 aromatic heterocycles. The lowest BCUT2D eigenvalue weighted by atomic mass is 9.63. The van der Waals surface area contributed by atoms with Crippen molar-refractivity contribution < 1.29 is 0 Å². The Labute approximate surface area is 260 Å². The summed E-state index contributed by atoms with van der Waals surface area (Å²) in [6.07, 6.45) is 4.56. The SMILES string of the molecule is Cc1ccc(-c2ccc(C3(c4ccc(-c5ccc(C6(C)CC(C)(C)NC(C)(C)C6)cc5)cc4)CCN(C)CC3)cc2)cc1. The van der Waals surface area contributed by atoms with Crippen molar-refractivity contribution in [1.82, 2.24) is 10.2 Å². The minimum atomic E-state index is 0.0456. The van der Waals surface area contributed by atoms with Crippen LogP contribution in [0.3, 0.4) is 0 Å². The van der Waals surface area contributed by atoms with Crippen LogP contribution in [0.25, 0.3) is 22.3 Å². The van der Waals surface area contributed by atoms with Crippen LogP contribution in [0.5, 0.6) is 0 Å². The lowest BCUT2D eigenvalue weighted by molar-refractivity contribution is 0.111. The molecule has 2 heteroatoms. The van der Waals surface area contributed by atoms with Gasteiger partial charge in [-0.2, -0.15) is 0 Å². The van der Waals surface area contributed by atoms with Gasteiger partial charge in [-0.15, -0.1) is 0 Å². The lowest BCUT2D eigenvalue weighted by Gasteiger charge is -2.52. The number of nitrogens with one attached hydrogen (secondary N) is 1. The fourth-order valence-electron chi connectivity index (χ4n) is 8.74. The van der Waals surface area contributed by atoms with E-state index in [1.165, 1.54) is 44.5 Å². The van der Waals surface area contributed by atoms with Crippen molar-refractivity contribution in [1.29, 1.82) is 0 Å². The maximum atomic E-state index is 3.85. The van der Waals surface area contributed by atoms with Crippen molar-refractivity contribution in [3.8, 4) is 22.3 Å². The molecule has 224 valence electrons. The average Bonchev–Trinajstić information content (AvgIpc) is 2.97. The molecule has 0 radical (unpaired) electrons. The van der Waals surface area contributed by atoms with Crippen LogP contribution < -0.4 is 5.32 Å². The molecular formula is C41H50N2. The van der Waals surface area contributed by atoms with E-state index in [1.54, 1.807) is 0 Å². The smallest absolute Gasteiger partial charge is 0.0227 e. The Hall–Kier alpha value is -3.20. The van der Waals surface area contributed by atoms with E-state index in [-0.39, 0.29) is 21.9 Å². The Kier molecular flexibility index (Phi) is 7.68. The third-order valence-corrected chi connectivity index (χ3v) is 10.4. The number of rotatable bonds is 5. The number of hydrogen-bond donors (Lipinski definition) is 1. The van der Waals surface area contributed by atoms with Gasteiger partial charge >= 0.3 is 0 Å². The van der Waals surface area contributed by atoms with Gasteiger partial charge in [0, 0.05) is 16.5 Å². The minimum Gasteiger partial charge on any atom is -0.307 e. The number of likely N-dealkylation sites (tertiary alicyclic amines) is 1. The van der Waals surface area contributed by atoms with Gasteiger partial charge in [-0.1, -0.05) is 110 Å². The molecule has 1 N–H and O–H groups in total. The van der Waals surface area contributed by atoms with Gasteiger partial charge in [0.1, 0.15) is 0 Å². The number of hydrogen-bond acceptors (Lipinski definition) is 2. The second-order valence-electron chi connectivity index (χ2n) is 15.3. The van der Waals surface area contributed by atoms with Gasteiger partial charge in [0.15, 0.2) is 0 Å². The normalized spacial score (nSPS) is 20.9. The summed E-state index contributed by atoms with van der Waals surface area (Å²) in [7, 11) is 2.25. The molecule has 0 atom stereocenters. The molecule has 0 unspecified atom stereocenters. The first-order valence-corrected chi connectivity index (χ1v) is 16.2. The van der Waals surface area contributed by atoms with Crippen LogP contribution in [0, 0.1) is 6.92 Å². The van der Waals surface area contributed by atoms with Crippen molar-refractivity contribution in [2.24, 2.45) is 0 Å². The van der Waals surface area contributed by atoms with Gasteiger partial charge in [0.05, 0.1) is 0 Å². The molecule has 0 bridgehead atoms. The Morgan fingerprint density at radius 3 is 1.26 bits per heavy atom. The molecule has 2 fully saturated rings. The summed E-state index contributed by atoms with van der Waals surface area (Å²) in [6, 6.07) is 37.2. The van der Waals surface area contributed by atoms with E-state index >= 15 is 0 Å². The Bertz CT molecular complexity index is 1520. The summed E-state index contributed by atoms with van der Waals surface area (Å²) in [6.45, 7) is 16.2. The summed E-state index contributed by atoms with van der Waals surface area (Å²) in [5.74, 6) is 0. The van der Waals surface area contributed by atoms with Crippen LogP contribution in [-0.2, 0) is 10.8 Å². The molecule has 6 rings (SSSR count). The maximum absolute atomic E-state index is 3.85. The van der Waals surface area contributed by atoms with Crippen molar-refractivity contribution >= 4 is 0 Å². The quantitative estimate of drug-likeness (QED) is 0.257.